The fourth-order valence-corrected chi connectivity index (χ4v) is 7.71. The van der Waals surface area contributed by atoms with Crippen molar-refractivity contribution >= 4 is 51.6 Å². The Kier molecular flexibility index (Phi) is 12.2. The molecule has 0 saturated carbocycles. The zero-order valence-electron chi connectivity index (χ0n) is 34.4. The highest BCUT2D eigenvalue weighted by Gasteiger charge is 2.25. The number of imidazole rings is 2. The van der Waals surface area contributed by atoms with E-state index in [-0.39, 0.29) is 30.3 Å². The van der Waals surface area contributed by atoms with Crippen molar-refractivity contribution in [1.82, 2.24) is 53.9 Å². The summed E-state index contributed by atoms with van der Waals surface area (Å²) in [6, 6.07) is 11.2. The van der Waals surface area contributed by atoms with E-state index in [1.807, 2.05) is 45.9 Å². The molecule has 1 aromatic carbocycles. The Bertz CT molecular complexity index is 2520. The fourth-order valence-electron chi connectivity index (χ4n) is 7.71. The number of hydrogen-bond donors (Lipinski definition) is 4. The number of pyridine rings is 1. The molecule has 5 aromatic heterocycles. The topological polar surface area (TPSA) is 210 Å². The van der Waals surface area contributed by atoms with Gasteiger partial charge in [-0.25, -0.2) is 24.3 Å². The third kappa shape index (κ3) is 9.02. The van der Waals surface area contributed by atoms with Crippen molar-refractivity contribution in [1.29, 1.82) is 0 Å². The van der Waals surface area contributed by atoms with E-state index in [4.69, 9.17) is 15.5 Å². The monoisotopic (exact) mass is 804 g/mol. The van der Waals surface area contributed by atoms with Gasteiger partial charge in [0.2, 0.25) is 17.6 Å². The Hall–Kier alpha value is -6.40. The van der Waals surface area contributed by atoms with E-state index in [9.17, 15) is 14.4 Å². The van der Waals surface area contributed by atoms with E-state index in [2.05, 4.69) is 54.9 Å². The van der Waals surface area contributed by atoms with Gasteiger partial charge in [0.15, 0.2) is 5.65 Å². The van der Waals surface area contributed by atoms with E-state index < -0.39 is 17.7 Å². The van der Waals surface area contributed by atoms with Gasteiger partial charge in [-0.05, 0) is 72.2 Å². The first-order valence-corrected chi connectivity index (χ1v) is 20.0. The van der Waals surface area contributed by atoms with Gasteiger partial charge in [0, 0.05) is 81.8 Å². The molecule has 0 spiro atoms. The number of fused-ring (bicyclic) bond motifs is 2. The minimum absolute atomic E-state index is 0.0964. The van der Waals surface area contributed by atoms with Gasteiger partial charge in [-0.2, -0.15) is 10.2 Å². The molecule has 3 amide bonds. The highest BCUT2D eigenvalue weighted by atomic mass is 16.5. The number of allylic oxidation sites excluding steroid dienone is 2. The van der Waals surface area contributed by atoms with Crippen LogP contribution >= 0.6 is 0 Å². The van der Waals surface area contributed by atoms with Crippen LogP contribution < -0.4 is 26.4 Å². The molecule has 18 heteroatoms. The van der Waals surface area contributed by atoms with Crippen LogP contribution in [0.1, 0.15) is 77.1 Å². The number of piperazine rings is 1. The molecular formula is C41H52N14O4. The molecule has 1 aliphatic rings. The zero-order valence-corrected chi connectivity index (χ0v) is 34.4. The smallest absolute Gasteiger partial charge is 0.292 e. The number of aryl methyl sites for hydroxylation is 4. The number of amides is 3. The maximum atomic E-state index is 14.1. The van der Waals surface area contributed by atoms with Gasteiger partial charge in [-0.15, -0.1) is 0 Å². The second kappa shape index (κ2) is 17.6. The first-order chi connectivity index (χ1) is 28.4. The molecule has 0 bridgehead atoms. The lowest BCUT2D eigenvalue weighted by Crippen LogP contribution is -2.54. The first kappa shape index (κ1) is 40.8. The largest absolute Gasteiger partial charge is 0.491 e. The van der Waals surface area contributed by atoms with Crippen LogP contribution in [0.3, 0.4) is 0 Å². The van der Waals surface area contributed by atoms with Gasteiger partial charge in [0.1, 0.15) is 28.4 Å². The van der Waals surface area contributed by atoms with Crippen molar-refractivity contribution in [2.24, 2.45) is 5.73 Å². The highest BCUT2D eigenvalue weighted by Crippen LogP contribution is 2.30. The number of anilines is 2. The summed E-state index contributed by atoms with van der Waals surface area (Å²) < 4.78 is 13.3. The van der Waals surface area contributed by atoms with E-state index in [0.29, 0.717) is 71.4 Å². The summed E-state index contributed by atoms with van der Waals surface area (Å²) in [7, 11) is 0. The number of nitrogens with zero attached hydrogens (tertiary/aromatic N) is 10. The molecule has 0 aliphatic carbocycles. The van der Waals surface area contributed by atoms with Crippen molar-refractivity contribution in [3.8, 4) is 5.75 Å². The molecule has 2 unspecified atom stereocenters. The van der Waals surface area contributed by atoms with Gasteiger partial charge in [-0.3, -0.25) is 14.4 Å². The molecule has 310 valence electrons. The summed E-state index contributed by atoms with van der Waals surface area (Å²) in [5, 5.41) is 18.4. The van der Waals surface area contributed by atoms with Crippen LogP contribution in [0.2, 0.25) is 0 Å². The first-order valence-electron chi connectivity index (χ1n) is 20.0. The average molecular weight is 805 g/mol. The van der Waals surface area contributed by atoms with Crippen molar-refractivity contribution in [3.05, 3.63) is 83.3 Å². The summed E-state index contributed by atoms with van der Waals surface area (Å²) in [5.41, 5.74) is 9.56. The fraction of sp³-hybridized carbons (Fsp3) is 0.415. The van der Waals surface area contributed by atoms with E-state index in [1.54, 1.807) is 55.0 Å². The standard InChI is InChI=1S/C41H52N14O4/c1-7-54-33(19-25(3)49-54)47-40(57)38-46-31-21-29(36(42)56)22-32(59-18-12-15-51-23-27(5)44-28(6)24-51)35(31)52(38)16-9-10-17-53-37-30(13-11-14-43-37)45-39(53)41(58)48-34-20-26(4)50-55(34)8-2/h9-11,13-14,19-22,27-28,44H,7-8,12,15-18,23-24H2,1-6H3,(H2,42,56)(H,47,57)(H,48,58)/b10-9+. The van der Waals surface area contributed by atoms with Crippen LogP contribution in [0.4, 0.5) is 11.6 Å². The summed E-state index contributed by atoms with van der Waals surface area (Å²) in [6.07, 6.45) is 6.15. The van der Waals surface area contributed by atoms with E-state index in [0.717, 1.165) is 37.4 Å². The molecule has 2 atom stereocenters. The predicted molar refractivity (Wildman–Crippen MR) is 225 cm³/mol. The van der Waals surface area contributed by atoms with Gasteiger partial charge in [0.05, 0.1) is 23.5 Å². The number of nitrogens with two attached hydrogens (primary N) is 1. The zero-order chi connectivity index (χ0) is 41.8. The average Bonchev–Trinajstić information content (AvgIpc) is 3.96. The Morgan fingerprint density at radius 1 is 0.864 bits per heavy atom. The lowest BCUT2D eigenvalue weighted by atomic mass is 10.1. The number of nitrogens with one attached hydrogen (secondary N) is 3. The Morgan fingerprint density at radius 3 is 2.07 bits per heavy atom. The lowest BCUT2D eigenvalue weighted by Gasteiger charge is -2.36. The number of carbonyl (C=O) groups excluding carboxylic acids is 3. The quantitative estimate of drug-likeness (QED) is 0.0807. The van der Waals surface area contributed by atoms with Crippen LogP contribution in [0.25, 0.3) is 22.2 Å². The van der Waals surface area contributed by atoms with E-state index in [1.165, 1.54) is 0 Å². The number of carbonyl (C=O) groups is 3. The van der Waals surface area contributed by atoms with Crippen LogP contribution in [-0.4, -0.2) is 105 Å². The van der Waals surface area contributed by atoms with Gasteiger partial charge >= 0.3 is 0 Å². The second-order valence-electron chi connectivity index (χ2n) is 14.9. The van der Waals surface area contributed by atoms with Crippen LogP contribution in [0, 0.1) is 13.8 Å². The summed E-state index contributed by atoms with van der Waals surface area (Å²) in [4.78, 5) is 56.7. The maximum absolute atomic E-state index is 14.1. The molecule has 1 fully saturated rings. The highest BCUT2D eigenvalue weighted by molar-refractivity contribution is 6.05. The maximum Gasteiger partial charge on any atom is 0.292 e. The Morgan fingerprint density at radius 2 is 1.46 bits per heavy atom. The second-order valence-corrected chi connectivity index (χ2v) is 14.9. The van der Waals surface area contributed by atoms with Gasteiger partial charge in [-0.1, -0.05) is 12.2 Å². The Balaban J connectivity index is 1.20. The summed E-state index contributed by atoms with van der Waals surface area (Å²) in [5.74, 6) is 0.245. The minimum atomic E-state index is -0.640. The van der Waals surface area contributed by atoms with Crippen molar-refractivity contribution in [2.75, 3.05) is 36.9 Å². The lowest BCUT2D eigenvalue weighted by molar-refractivity contribution is 0.0994. The summed E-state index contributed by atoms with van der Waals surface area (Å²) >= 11 is 0. The number of benzene rings is 1. The molecule has 1 saturated heterocycles. The molecule has 6 aromatic rings. The third-order valence-corrected chi connectivity index (χ3v) is 10.1. The SMILES string of the molecule is CCn1nc(C)cc1NC(=O)c1nc2cccnc2n1C/C=C/Cn1c(C(=O)Nc2cc(C)nn2CC)nc2cc(C(N)=O)cc(OCCCN3CC(C)NC(C)C3)c21. The molecule has 6 heterocycles. The molecule has 7 rings (SSSR count). The predicted octanol–water partition coefficient (Wildman–Crippen LogP) is 4.14. The van der Waals surface area contributed by atoms with Crippen molar-refractivity contribution in [2.45, 2.75) is 86.2 Å². The van der Waals surface area contributed by atoms with Crippen molar-refractivity contribution < 1.29 is 19.1 Å². The number of hydrogen-bond acceptors (Lipinski definition) is 11. The number of rotatable bonds is 16. The molecule has 18 nitrogen and oxygen atoms in total. The van der Waals surface area contributed by atoms with Crippen LogP contribution in [-0.2, 0) is 26.2 Å². The number of primary amides is 1. The van der Waals surface area contributed by atoms with Crippen LogP contribution in [0.15, 0.2) is 54.7 Å². The molecule has 59 heavy (non-hydrogen) atoms. The number of aromatic nitrogens is 9. The molecule has 5 N–H and O–H groups in total. The molecule has 1 aliphatic heterocycles. The summed E-state index contributed by atoms with van der Waals surface area (Å²) in [6.45, 7) is 16.6. The van der Waals surface area contributed by atoms with E-state index >= 15 is 0 Å². The van der Waals surface area contributed by atoms with Crippen molar-refractivity contribution in [3.63, 3.8) is 0 Å². The minimum Gasteiger partial charge on any atom is -0.491 e. The molecule has 0 radical (unpaired) electrons. The number of ether oxygens (including phenoxy) is 1. The normalized spacial score (nSPS) is 16.0. The third-order valence-electron chi connectivity index (χ3n) is 10.1. The van der Waals surface area contributed by atoms with Gasteiger partial charge < -0.3 is 40.5 Å². The Labute approximate surface area is 341 Å². The van der Waals surface area contributed by atoms with Gasteiger partial charge in [0.25, 0.3) is 11.8 Å². The molecular weight excluding hydrogens is 753 g/mol. The van der Waals surface area contributed by atoms with Crippen LogP contribution in [0.5, 0.6) is 5.75 Å².